The van der Waals surface area contributed by atoms with Crippen molar-refractivity contribution in [3.05, 3.63) is 47.5 Å². The molecule has 2 aromatic rings. The van der Waals surface area contributed by atoms with Gasteiger partial charge in [-0.25, -0.2) is 4.99 Å². The molecule has 8 heteroatoms. The van der Waals surface area contributed by atoms with Crippen molar-refractivity contribution < 1.29 is 5.11 Å². The fourth-order valence-corrected chi connectivity index (χ4v) is 2.25. The molecule has 0 bridgehead atoms. The monoisotopic (exact) mass is 458 g/mol. The summed E-state index contributed by atoms with van der Waals surface area (Å²) in [6.45, 7) is 5.77. The highest BCUT2D eigenvalue weighted by Crippen LogP contribution is 2.14. The molecule has 1 atom stereocenters. The van der Waals surface area contributed by atoms with E-state index < -0.39 is 6.10 Å². The van der Waals surface area contributed by atoms with E-state index in [1.54, 1.807) is 0 Å². The molecule has 0 saturated carbocycles. The van der Waals surface area contributed by atoms with Gasteiger partial charge >= 0.3 is 0 Å². The maximum Gasteiger partial charge on any atom is 0.191 e. The van der Waals surface area contributed by atoms with Gasteiger partial charge in [-0.05, 0) is 25.8 Å². The van der Waals surface area contributed by atoms with Gasteiger partial charge in [0.25, 0.3) is 0 Å². The average molecular weight is 458 g/mol. The van der Waals surface area contributed by atoms with Crippen molar-refractivity contribution in [3.8, 4) is 0 Å². The first-order valence-corrected chi connectivity index (χ1v) is 8.22. The van der Waals surface area contributed by atoms with E-state index >= 15 is 0 Å². The molecule has 0 aliphatic rings. The second-order valence-electron chi connectivity index (χ2n) is 5.56. The third kappa shape index (κ3) is 6.62. The molecule has 3 N–H and O–H groups in total. The summed E-state index contributed by atoms with van der Waals surface area (Å²) in [7, 11) is 1.93. The van der Waals surface area contributed by atoms with E-state index in [0.717, 1.165) is 23.8 Å². The lowest BCUT2D eigenvalue weighted by Gasteiger charge is -2.14. The molecular weight excluding hydrogens is 431 g/mol. The van der Waals surface area contributed by atoms with E-state index in [0.29, 0.717) is 25.5 Å². The van der Waals surface area contributed by atoms with Crippen LogP contribution in [-0.4, -0.2) is 38.9 Å². The normalized spacial score (nSPS) is 12.4. The minimum absolute atomic E-state index is 0. The Kier molecular flexibility index (Phi) is 9.43. The third-order valence-electron chi connectivity index (χ3n) is 3.80. The Labute approximate surface area is 166 Å². The average Bonchev–Trinajstić information content (AvgIpc) is 2.92. The second kappa shape index (κ2) is 11.0. The largest absolute Gasteiger partial charge is 0.388 e. The van der Waals surface area contributed by atoms with Crippen LogP contribution in [0.2, 0.25) is 0 Å². The van der Waals surface area contributed by atoms with E-state index in [1.807, 2.05) is 55.8 Å². The lowest BCUT2D eigenvalue weighted by Crippen LogP contribution is -2.38. The number of aliphatic imine (C=N–C) groups is 1. The number of rotatable bonds is 7. The van der Waals surface area contributed by atoms with Crippen LogP contribution >= 0.6 is 24.0 Å². The van der Waals surface area contributed by atoms with E-state index in [2.05, 4.69) is 25.8 Å². The first kappa shape index (κ1) is 21.4. The molecule has 0 spiro atoms. The van der Waals surface area contributed by atoms with Crippen LogP contribution in [0.1, 0.15) is 36.7 Å². The third-order valence-corrected chi connectivity index (χ3v) is 3.80. The van der Waals surface area contributed by atoms with Crippen LogP contribution in [0.4, 0.5) is 0 Å². The molecule has 2 rings (SSSR count). The van der Waals surface area contributed by atoms with Gasteiger partial charge in [0.15, 0.2) is 11.8 Å². The molecule has 25 heavy (non-hydrogen) atoms. The molecule has 0 radical (unpaired) electrons. The van der Waals surface area contributed by atoms with E-state index in [1.165, 1.54) is 0 Å². The second-order valence-corrected chi connectivity index (χ2v) is 5.56. The van der Waals surface area contributed by atoms with E-state index in [-0.39, 0.29) is 24.0 Å². The number of benzene rings is 1. The van der Waals surface area contributed by atoms with Gasteiger partial charge in [-0.2, -0.15) is 0 Å². The summed E-state index contributed by atoms with van der Waals surface area (Å²) in [6.07, 6.45) is 0.125. The van der Waals surface area contributed by atoms with Crippen molar-refractivity contribution >= 4 is 29.9 Å². The highest BCUT2D eigenvalue weighted by atomic mass is 127. The Morgan fingerprint density at radius 2 is 1.96 bits per heavy atom. The zero-order chi connectivity index (χ0) is 17.4. The quantitative estimate of drug-likeness (QED) is 0.335. The van der Waals surface area contributed by atoms with Gasteiger partial charge in [0.05, 0.1) is 6.10 Å². The Hall–Kier alpha value is -1.68. The number of aryl methyl sites for hydroxylation is 1. The predicted molar refractivity (Wildman–Crippen MR) is 110 cm³/mol. The molecule has 1 unspecified atom stereocenters. The van der Waals surface area contributed by atoms with Crippen molar-refractivity contribution in [3.63, 3.8) is 0 Å². The Balaban J connectivity index is 0.00000312. The first-order chi connectivity index (χ1) is 11.6. The number of aliphatic hydroxyl groups excluding tert-OH is 1. The Bertz CT molecular complexity index is 658. The van der Waals surface area contributed by atoms with Crippen molar-refractivity contribution in [2.75, 3.05) is 13.1 Å². The SMILES string of the molecule is CCNC(=NCc1nnc(C)n1C)NCCC(O)c1ccccc1.I. The summed E-state index contributed by atoms with van der Waals surface area (Å²) in [5.74, 6) is 2.39. The van der Waals surface area contributed by atoms with Crippen LogP contribution in [0.3, 0.4) is 0 Å². The molecular formula is C17H27IN6O. The van der Waals surface area contributed by atoms with Crippen LogP contribution in [0.15, 0.2) is 35.3 Å². The lowest BCUT2D eigenvalue weighted by molar-refractivity contribution is 0.168. The Morgan fingerprint density at radius 3 is 2.56 bits per heavy atom. The standard InChI is InChI=1S/C17H26N6O.HI/c1-4-18-17(20-12-16-22-21-13(2)23(16)3)19-11-10-15(24)14-8-6-5-7-9-14;/h5-9,15,24H,4,10-12H2,1-3H3,(H2,18,19,20);1H. The fourth-order valence-electron chi connectivity index (χ4n) is 2.25. The number of nitrogens with zero attached hydrogens (tertiary/aromatic N) is 4. The Morgan fingerprint density at radius 1 is 1.24 bits per heavy atom. The van der Waals surface area contributed by atoms with Gasteiger partial charge in [-0.3, -0.25) is 0 Å². The fraction of sp³-hybridized carbons (Fsp3) is 0.471. The zero-order valence-electron chi connectivity index (χ0n) is 14.9. The molecule has 1 heterocycles. The van der Waals surface area contributed by atoms with Crippen molar-refractivity contribution in [1.29, 1.82) is 0 Å². The van der Waals surface area contributed by atoms with Crippen LogP contribution in [0, 0.1) is 6.92 Å². The van der Waals surface area contributed by atoms with Gasteiger partial charge in [0.1, 0.15) is 12.4 Å². The summed E-state index contributed by atoms with van der Waals surface area (Å²) in [5.41, 5.74) is 0.927. The first-order valence-electron chi connectivity index (χ1n) is 8.22. The van der Waals surface area contributed by atoms with Gasteiger partial charge in [0, 0.05) is 20.1 Å². The number of halogens is 1. The number of aromatic nitrogens is 3. The van der Waals surface area contributed by atoms with Crippen LogP contribution in [-0.2, 0) is 13.6 Å². The maximum atomic E-state index is 10.2. The van der Waals surface area contributed by atoms with Gasteiger partial charge in [-0.15, -0.1) is 34.2 Å². The molecule has 138 valence electrons. The minimum atomic E-state index is -0.483. The predicted octanol–water partition coefficient (Wildman–Crippen LogP) is 1.92. The summed E-state index contributed by atoms with van der Waals surface area (Å²) >= 11 is 0. The molecule has 1 aromatic carbocycles. The highest BCUT2D eigenvalue weighted by Gasteiger charge is 2.08. The zero-order valence-corrected chi connectivity index (χ0v) is 17.3. The minimum Gasteiger partial charge on any atom is -0.388 e. The summed E-state index contributed by atoms with van der Waals surface area (Å²) in [4.78, 5) is 4.52. The number of guanidine groups is 1. The van der Waals surface area contributed by atoms with Gasteiger partial charge in [-0.1, -0.05) is 30.3 Å². The van der Waals surface area contributed by atoms with Gasteiger partial charge < -0.3 is 20.3 Å². The van der Waals surface area contributed by atoms with Crippen molar-refractivity contribution in [2.45, 2.75) is 32.9 Å². The molecule has 0 fully saturated rings. The van der Waals surface area contributed by atoms with E-state index in [9.17, 15) is 5.11 Å². The summed E-state index contributed by atoms with van der Waals surface area (Å²) < 4.78 is 1.92. The summed E-state index contributed by atoms with van der Waals surface area (Å²) in [6, 6.07) is 9.67. The number of hydrogen-bond acceptors (Lipinski definition) is 4. The lowest BCUT2D eigenvalue weighted by atomic mass is 10.1. The molecule has 0 aliphatic carbocycles. The van der Waals surface area contributed by atoms with Crippen LogP contribution in [0.5, 0.6) is 0 Å². The molecule has 0 aliphatic heterocycles. The smallest absolute Gasteiger partial charge is 0.191 e. The van der Waals surface area contributed by atoms with Crippen LogP contribution in [0.25, 0.3) is 0 Å². The van der Waals surface area contributed by atoms with Gasteiger partial charge in [0.2, 0.25) is 0 Å². The number of nitrogens with one attached hydrogen (secondary N) is 2. The number of aliphatic hydroxyl groups is 1. The highest BCUT2D eigenvalue weighted by molar-refractivity contribution is 14.0. The number of hydrogen-bond donors (Lipinski definition) is 3. The molecule has 7 nitrogen and oxygen atoms in total. The van der Waals surface area contributed by atoms with Crippen LogP contribution < -0.4 is 10.6 Å². The van der Waals surface area contributed by atoms with E-state index in [4.69, 9.17) is 0 Å². The maximum absolute atomic E-state index is 10.2. The van der Waals surface area contributed by atoms with Crippen molar-refractivity contribution in [2.24, 2.45) is 12.0 Å². The topological polar surface area (TPSA) is 87.4 Å². The van der Waals surface area contributed by atoms with Crippen molar-refractivity contribution in [1.82, 2.24) is 25.4 Å². The molecule has 0 saturated heterocycles. The summed E-state index contributed by atoms with van der Waals surface area (Å²) in [5, 5.41) is 24.8. The molecule has 1 aromatic heterocycles. The molecule has 0 amide bonds.